The Balaban J connectivity index is 1.81. The van der Waals surface area contributed by atoms with E-state index < -0.39 is 0 Å². The van der Waals surface area contributed by atoms with Gasteiger partial charge in [0.15, 0.2) is 0 Å². The van der Waals surface area contributed by atoms with Crippen LogP contribution in [0.1, 0.15) is 42.4 Å². The largest absolute Gasteiger partial charge is 0.359 e. The Morgan fingerprint density at radius 1 is 1.12 bits per heavy atom. The van der Waals surface area contributed by atoms with E-state index in [1.165, 1.54) is 16.7 Å². The zero-order valence-corrected chi connectivity index (χ0v) is 15.5. The van der Waals surface area contributed by atoms with Gasteiger partial charge in [0, 0.05) is 12.4 Å². The van der Waals surface area contributed by atoms with E-state index in [1.54, 1.807) is 0 Å². The van der Waals surface area contributed by atoms with Gasteiger partial charge in [-0.05, 0) is 49.6 Å². The molecule has 26 heavy (non-hydrogen) atoms. The molecule has 1 N–H and O–H groups in total. The summed E-state index contributed by atoms with van der Waals surface area (Å²) < 4.78 is 0. The predicted octanol–water partition coefficient (Wildman–Crippen LogP) is 4.40. The molecule has 132 valence electrons. The lowest BCUT2D eigenvalue weighted by molar-refractivity contribution is 0.437. The van der Waals surface area contributed by atoms with Crippen LogP contribution in [0.3, 0.4) is 0 Å². The van der Waals surface area contributed by atoms with Gasteiger partial charge in [0.05, 0.1) is 17.1 Å². The molecule has 1 atom stereocenters. The van der Waals surface area contributed by atoms with Crippen LogP contribution in [-0.2, 0) is 0 Å². The highest BCUT2D eigenvalue weighted by Crippen LogP contribution is 2.37. The van der Waals surface area contributed by atoms with E-state index in [9.17, 15) is 0 Å². The quantitative estimate of drug-likeness (QED) is 0.892. The fourth-order valence-electron chi connectivity index (χ4n) is 3.52. The zero-order valence-electron chi connectivity index (χ0n) is 15.5. The summed E-state index contributed by atoms with van der Waals surface area (Å²) in [6.07, 6.45) is 10.9. The van der Waals surface area contributed by atoms with Crippen molar-refractivity contribution in [2.75, 3.05) is 0 Å². The molecule has 2 aliphatic rings. The SMILES string of the molecule is CCCC1=CC2NC(c3ccc(C)cc3)=C(c3ccnc(C)n3)N2C=C1. The van der Waals surface area contributed by atoms with Crippen LogP contribution in [0.4, 0.5) is 0 Å². The minimum atomic E-state index is 0.128. The molecule has 2 aliphatic heterocycles. The standard InChI is InChI=1S/C22H24N4/c1-4-5-17-11-13-26-20(14-17)25-21(18-8-6-15(2)7-9-18)22(26)19-10-12-23-16(3)24-19/h6-14,20,25H,4-5H2,1-3H3. The molecule has 0 aliphatic carbocycles. The molecule has 4 heteroatoms. The number of allylic oxidation sites excluding steroid dienone is 2. The van der Waals surface area contributed by atoms with Crippen LogP contribution in [0.2, 0.25) is 0 Å². The number of fused-ring (bicyclic) bond motifs is 1. The molecular formula is C22H24N4. The Morgan fingerprint density at radius 2 is 1.92 bits per heavy atom. The summed E-state index contributed by atoms with van der Waals surface area (Å²) in [6, 6.07) is 10.6. The molecule has 4 nitrogen and oxygen atoms in total. The first-order valence-corrected chi connectivity index (χ1v) is 9.21. The van der Waals surface area contributed by atoms with Crippen molar-refractivity contribution in [2.24, 2.45) is 0 Å². The molecule has 0 amide bonds. The maximum absolute atomic E-state index is 4.69. The maximum atomic E-state index is 4.69. The van der Waals surface area contributed by atoms with Crippen molar-refractivity contribution >= 4 is 11.4 Å². The number of nitrogens with zero attached hydrogens (tertiary/aromatic N) is 3. The summed E-state index contributed by atoms with van der Waals surface area (Å²) >= 11 is 0. The number of rotatable bonds is 4. The average Bonchev–Trinajstić information content (AvgIpc) is 3.01. The molecule has 0 saturated heterocycles. The summed E-state index contributed by atoms with van der Waals surface area (Å²) in [7, 11) is 0. The van der Waals surface area contributed by atoms with Crippen molar-refractivity contribution in [1.29, 1.82) is 0 Å². The van der Waals surface area contributed by atoms with Crippen LogP contribution in [-0.4, -0.2) is 21.0 Å². The molecule has 1 aromatic heterocycles. The highest BCUT2D eigenvalue weighted by Gasteiger charge is 2.32. The smallest absolute Gasteiger partial charge is 0.125 e. The van der Waals surface area contributed by atoms with Gasteiger partial charge in [-0.1, -0.05) is 43.2 Å². The monoisotopic (exact) mass is 344 g/mol. The van der Waals surface area contributed by atoms with Crippen molar-refractivity contribution < 1.29 is 0 Å². The van der Waals surface area contributed by atoms with Gasteiger partial charge in [-0.2, -0.15) is 0 Å². The lowest BCUT2D eigenvalue weighted by atomic mass is 10.1. The van der Waals surface area contributed by atoms with E-state index in [-0.39, 0.29) is 6.17 Å². The normalized spacial score (nSPS) is 18.7. The predicted molar refractivity (Wildman–Crippen MR) is 106 cm³/mol. The second-order valence-electron chi connectivity index (χ2n) is 6.88. The Labute approximate surface area is 155 Å². The van der Waals surface area contributed by atoms with Gasteiger partial charge in [-0.15, -0.1) is 0 Å². The number of hydrogen-bond acceptors (Lipinski definition) is 4. The zero-order chi connectivity index (χ0) is 18.1. The van der Waals surface area contributed by atoms with Crippen molar-refractivity contribution in [3.63, 3.8) is 0 Å². The molecule has 1 unspecified atom stereocenters. The van der Waals surface area contributed by atoms with Crippen LogP contribution in [0, 0.1) is 13.8 Å². The van der Waals surface area contributed by atoms with Crippen molar-refractivity contribution in [3.05, 3.63) is 83.1 Å². The Hall–Kier alpha value is -2.88. The molecule has 1 aromatic carbocycles. The third kappa shape index (κ3) is 3.03. The first kappa shape index (κ1) is 16.6. The summed E-state index contributed by atoms with van der Waals surface area (Å²) in [4.78, 5) is 11.2. The van der Waals surface area contributed by atoms with Gasteiger partial charge in [0.2, 0.25) is 0 Å². The van der Waals surface area contributed by atoms with E-state index in [4.69, 9.17) is 0 Å². The number of benzene rings is 1. The second-order valence-corrected chi connectivity index (χ2v) is 6.88. The number of aromatic nitrogens is 2. The molecule has 3 heterocycles. The van der Waals surface area contributed by atoms with Gasteiger partial charge in [0.1, 0.15) is 12.0 Å². The fraction of sp³-hybridized carbons (Fsp3) is 0.273. The number of hydrogen-bond donors (Lipinski definition) is 1. The molecule has 2 aromatic rings. The van der Waals surface area contributed by atoms with Crippen LogP contribution in [0.15, 0.2) is 60.5 Å². The third-order valence-corrected chi connectivity index (χ3v) is 4.81. The maximum Gasteiger partial charge on any atom is 0.125 e. The molecule has 0 fully saturated rings. The lowest BCUT2D eigenvalue weighted by Gasteiger charge is -2.27. The topological polar surface area (TPSA) is 41.1 Å². The highest BCUT2D eigenvalue weighted by molar-refractivity contribution is 5.91. The van der Waals surface area contributed by atoms with E-state index >= 15 is 0 Å². The summed E-state index contributed by atoms with van der Waals surface area (Å²) in [5, 5.41) is 3.70. The molecule has 0 saturated carbocycles. The minimum Gasteiger partial charge on any atom is -0.359 e. The minimum absolute atomic E-state index is 0.128. The van der Waals surface area contributed by atoms with Crippen LogP contribution in [0.5, 0.6) is 0 Å². The second kappa shape index (κ2) is 6.79. The Morgan fingerprint density at radius 3 is 2.65 bits per heavy atom. The van der Waals surface area contributed by atoms with Gasteiger partial charge < -0.3 is 10.2 Å². The van der Waals surface area contributed by atoms with Gasteiger partial charge in [0.25, 0.3) is 0 Å². The first-order valence-electron chi connectivity index (χ1n) is 9.21. The average molecular weight is 344 g/mol. The van der Waals surface area contributed by atoms with E-state index in [0.717, 1.165) is 35.8 Å². The third-order valence-electron chi connectivity index (χ3n) is 4.81. The highest BCUT2D eigenvalue weighted by atomic mass is 15.3. The summed E-state index contributed by atoms with van der Waals surface area (Å²) in [5.41, 5.74) is 6.98. The van der Waals surface area contributed by atoms with Crippen molar-refractivity contribution in [2.45, 2.75) is 39.8 Å². The van der Waals surface area contributed by atoms with Gasteiger partial charge in [-0.3, -0.25) is 0 Å². The van der Waals surface area contributed by atoms with E-state index in [0.29, 0.717) is 0 Å². The first-order chi connectivity index (χ1) is 12.7. The molecule has 0 bridgehead atoms. The number of aryl methyl sites for hydroxylation is 2. The van der Waals surface area contributed by atoms with Gasteiger partial charge in [-0.25, -0.2) is 9.97 Å². The summed E-state index contributed by atoms with van der Waals surface area (Å²) in [5.74, 6) is 0.782. The van der Waals surface area contributed by atoms with E-state index in [2.05, 4.69) is 76.6 Å². The molecule has 0 radical (unpaired) electrons. The van der Waals surface area contributed by atoms with Crippen LogP contribution >= 0.6 is 0 Å². The van der Waals surface area contributed by atoms with Crippen LogP contribution in [0.25, 0.3) is 11.4 Å². The van der Waals surface area contributed by atoms with Gasteiger partial charge >= 0.3 is 0 Å². The fourth-order valence-corrected chi connectivity index (χ4v) is 3.52. The molecule has 4 rings (SSSR count). The Kier molecular flexibility index (Phi) is 4.33. The summed E-state index contributed by atoms with van der Waals surface area (Å²) in [6.45, 7) is 6.26. The van der Waals surface area contributed by atoms with E-state index in [1.807, 2.05) is 19.2 Å². The van der Waals surface area contributed by atoms with Crippen LogP contribution < -0.4 is 5.32 Å². The lowest BCUT2D eigenvalue weighted by Crippen LogP contribution is -2.33. The van der Waals surface area contributed by atoms with Crippen molar-refractivity contribution in [1.82, 2.24) is 20.2 Å². The Bertz CT molecular complexity index is 906. The molecule has 0 spiro atoms. The number of nitrogens with one attached hydrogen (secondary N) is 1. The van der Waals surface area contributed by atoms with Crippen molar-refractivity contribution in [3.8, 4) is 0 Å². The molecular weight excluding hydrogens is 320 g/mol.